The average Bonchev–Trinajstić information content (AvgIpc) is 3.19. The van der Waals surface area contributed by atoms with Gasteiger partial charge in [-0.25, -0.2) is 0 Å². The molecular formula is C14H27N3O. The Bertz CT molecular complexity index is 281. The summed E-state index contributed by atoms with van der Waals surface area (Å²) in [6.45, 7) is 3.72. The summed E-state index contributed by atoms with van der Waals surface area (Å²) < 4.78 is 6.10. The van der Waals surface area contributed by atoms with E-state index in [9.17, 15) is 0 Å². The van der Waals surface area contributed by atoms with Gasteiger partial charge in [-0.1, -0.05) is 26.2 Å². The van der Waals surface area contributed by atoms with Crippen molar-refractivity contribution < 1.29 is 4.74 Å². The second-order valence-electron chi connectivity index (χ2n) is 5.71. The Hall–Kier alpha value is -0.770. The van der Waals surface area contributed by atoms with Crippen molar-refractivity contribution >= 4 is 5.96 Å². The van der Waals surface area contributed by atoms with Crippen molar-refractivity contribution in [1.82, 2.24) is 5.32 Å². The van der Waals surface area contributed by atoms with Crippen LogP contribution in [0.15, 0.2) is 4.99 Å². The minimum Gasteiger partial charge on any atom is -0.373 e. The highest BCUT2D eigenvalue weighted by Gasteiger charge is 2.32. The molecule has 2 aliphatic rings. The molecule has 0 aromatic rings. The van der Waals surface area contributed by atoms with E-state index in [1.54, 1.807) is 0 Å². The Kier molecular flexibility index (Phi) is 4.87. The molecule has 3 N–H and O–H groups in total. The van der Waals surface area contributed by atoms with Crippen LogP contribution in [-0.4, -0.2) is 30.8 Å². The number of nitrogens with zero attached hydrogens (tertiary/aromatic N) is 1. The van der Waals surface area contributed by atoms with Gasteiger partial charge in [0.25, 0.3) is 0 Å². The van der Waals surface area contributed by atoms with Crippen LogP contribution in [0.5, 0.6) is 0 Å². The number of nitrogens with two attached hydrogens (primary N) is 1. The number of rotatable bonds is 6. The SMILES string of the molecule is CCCOC1(CN=C(N)NC2CC2)CCCCC1. The molecule has 104 valence electrons. The summed E-state index contributed by atoms with van der Waals surface area (Å²) >= 11 is 0. The summed E-state index contributed by atoms with van der Waals surface area (Å²) in [7, 11) is 0. The van der Waals surface area contributed by atoms with E-state index in [0.717, 1.165) is 32.4 Å². The first-order valence-electron chi connectivity index (χ1n) is 7.44. The zero-order chi connectivity index (χ0) is 12.8. The molecular weight excluding hydrogens is 226 g/mol. The number of aliphatic imine (C=N–C) groups is 1. The van der Waals surface area contributed by atoms with E-state index in [-0.39, 0.29) is 5.60 Å². The Morgan fingerprint density at radius 3 is 2.67 bits per heavy atom. The van der Waals surface area contributed by atoms with Gasteiger partial charge in [0.05, 0.1) is 12.1 Å². The molecule has 2 fully saturated rings. The summed E-state index contributed by atoms with van der Waals surface area (Å²) in [5, 5.41) is 3.24. The molecule has 2 saturated carbocycles. The first-order valence-corrected chi connectivity index (χ1v) is 7.44. The zero-order valence-corrected chi connectivity index (χ0v) is 11.6. The van der Waals surface area contributed by atoms with Gasteiger partial charge < -0.3 is 15.8 Å². The largest absolute Gasteiger partial charge is 0.373 e. The lowest BCUT2D eigenvalue weighted by atomic mass is 9.84. The molecule has 0 unspecified atom stereocenters. The first kappa shape index (κ1) is 13.7. The van der Waals surface area contributed by atoms with Gasteiger partial charge in [-0.15, -0.1) is 0 Å². The molecule has 0 radical (unpaired) electrons. The molecule has 0 aliphatic heterocycles. The Balaban J connectivity index is 1.86. The fourth-order valence-corrected chi connectivity index (χ4v) is 2.57. The number of ether oxygens (including phenoxy) is 1. The predicted octanol–water partition coefficient (Wildman–Crippen LogP) is 2.18. The van der Waals surface area contributed by atoms with Gasteiger partial charge in [0.2, 0.25) is 0 Å². The third kappa shape index (κ3) is 4.16. The highest BCUT2D eigenvalue weighted by atomic mass is 16.5. The average molecular weight is 253 g/mol. The fraction of sp³-hybridized carbons (Fsp3) is 0.929. The van der Waals surface area contributed by atoms with Crippen molar-refractivity contribution in [2.75, 3.05) is 13.2 Å². The maximum atomic E-state index is 6.10. The Morgan fingerprint density at radius 1 is 1.33 bits per heavy atom. The molecule has 0 amide bonds. The standard InChI is InChI=1S/C14H27N3O/c1-2-10-18-14(8-4-3-5-9-14)11-16-13(15)17-12-6-7-12/h12H,2-11H2,1H3,(H3,15,16,17). The molecule has 0 heterocycles. The van der Waals surface area contributed by atoms with Gasteiger partial charge >= 0.3 is 0 Å². The molecule has 4 nitrogen and oxygen atoms in total. The van der Waals surface area contributed by atoms with Gasteiger partial charge in [0.15, 0.2) is 5.96 Å². The third-order valence-electron chi connectivity index (χ3n) is 3.84. The minimum atomic E-state index is -0.0376. The highest BCUT2D eigenvalue weighted by molar-refractivity contribution is 5.78. The van der Waals surface area contributed by atoms with Gasteiger partial charge in [-0.2, -0.15) is 0 Å². The molecule has 0 aromatic heterocycles. The van der Waals surface area contributed by atoms with Gasteiger partial charge in [-0.05, 0) is 32.1 Å². The molecule has 0 aromatic carbocycles. The van der Waals surface area contributed by atoms with Crippen molar-refractivity contribution in [3.8, 4) is 0 Å². The summed E-state index contributed by atoms with van der Waals surface area (Å²) in [6.07, 6.45) is 9.64. The van der Waals surface area contributed by atoms with Crippen LogP contribution in [0.2, 0.25) is 0 Å². The van der Waals surface area contributed by atoms with E-state index in [0.29, 0.717) is 12.0 Å². The third-order valence-corrected chi connectivity index (χ3v) is 3.84. The molecule has 0 saturated heterocycles. The summed E-state index contributed by atoms with van der Waals surface area (Å²) in [6, 6.07) is 0.576. The van der Waals surface area contributed by atoms with Crippen LogP contribution in [0.3, 0.4) is 0 Å². The monoisotopic (exact) mass is 253 g/mol. The van der Waals surface area contributed by atoms with Crippen LogP contribution < -0.4 is 11.1 Å². The van der Waals surface area contributed by atoms with Crippen molar-refractivity contribution in [1.29, 1.82) is 0 Å². The van der Waals surface area contributed by atoms with Gasteiger partial charge in [0, 0.05) is 12.6 Å². The van der Waals surface area contributed by atoms with E-state index in [1.807, 2.05) is 0 Å². The number of nitrogens with one attached hydrogen (secondary N) is 1. The van der Waals surface area contributed by atoms with E-state index in [2.05, 4.69) is 17.2 Å². The van der Waals surface area contributed by atoms with Crippen LogP contribution in [0.25, 0.3) is 0 Å². The molecule has 0 bridgehead atoms. The lowest BCUT2D eigenvalue weighted by Gasteiger charge is -2.36. The summed E-state index contributed by atoms with van der Waals surface area (Å²) in [5.74, 6) is 0.600. The van der Waals surface area contributed by atoms with Crippen molar-refractivity contribution in [3.05, 3.63) is 0 Å². The van der Waals surface area contributed by atoms with E-state index >= 15 is 0 Å². The molecule has 4 heteroatoms. The van der Waals surface area contributed by atoms with Crippen LogP contribution in [-0.2, 0) is 4.74 Å². The number of hydrogen-bond acceptors (Lipinski definition) is 2. The van der Waals surface area contributed by atoms with Crippen molar-refractivity contribution in [2.24, 2.45) is 10.7 Å². The Labute approximate surface area is 110 Å². The second kappa shape index (κ2) is 6.41. The maximum Gasteiger partial charge on any atom is 0.188 e. The smallest absolute Gasteiger partial charge is 0.188 e. The lowest BCUT2D eigenvalue weighted by molar-refractivity contribution is -0.0624. The first-order chi connectivity index (χ1) is 8.74. The molecule has 0 spiro atoms. The Morgan fingerprint density at radius 2 is 2.06 bits per heavy atom. The second-order valence-corrected chi connectivity index (χ2v) is 5.71. The predicted molar refractivity (Wildman–Crippen MR) is 74.7 cm³/mol. The molecule has 2 rings (SSSR count). The van der Waals surface area contributed by atoms with Crippen LogP contribution >= 0.6 is 0 Å². The normalized spacial score (nSPS) is 23.9. The zero-order valence-electron chi connectivity index (χ0n) is 11.6. The summed E-state index contributed by atoms with van der Waals surface area (Å²) in [4.78, 5) is 4.51. The lowest BCUT2D eigenvalue weighted by Crippen LogP contribution is -2.41. The van der Waals surface area contributed by atoms with Crippen molar-refractivity contribution in [2.45, 2.75) is 69.9 Å². The highest BCUT2D eigenvalue weighted by Crippen LogP contribution is 2.32. The fourth-order valence-electron chi connectivity index (χ4n) is 2.57. The topological polar surface area (TPSA) is 59.6 Å². The van der Waals surface area contributed by atoms with Crippen LogP contribution in [0.1, 0.15) is 58.3 Å². The van der Waals surface area contributed by atoms with E-state index < -0.39 is 0 Å². The van der Waals surface area contributed by atoms with Crippen LogP contribution in [0, 0.1) is 0 Å². The van der Waals surface area contributed by atoms with E-state index in [4.69, 9.17) is 10.5 Å². The van der Waals surface area contributed by atoms with E-state index in [1.165, 1.54) is 32.1 Å². The van der Waals surface area contributed by atoms with Gasteiger partial charge in [-0.3, -0.25) is 4.99 Å². The minimum absolute atomic E-state index is 0.0376. The van der Waals surface area contributed by atoms with Crippen LogP contribution in [0.4, 0.5) is 0 Å². The van der Waals surface area contributed by atoms with Gasteiger partial charge in [0.1, 0.15) is 0 Å². The quantitative estimate of drug-likeness (QED) is 0.563. The molecule has 18 heavy (non-hydrogen) atoms. The molecule has 2 aliphatic carbocycles. The molecule has 0 atom stereocenters. The maximum absolute atomic E-state index is 6.10. The number of hydrogen-bond donors (Lipinski definition) is 2. The number of guanidine groups is 1. The summed E-state index contributed by atoms with van der Waals surface area (Å²) in [5.41, 5.74) is 5.87. The van der Waals surface area contributed by atoms with Crippen molar-refractivity contribution in [3.63, 3.8) is 0 Å².